The molecule has 5 rings (SSSR count). The standard InChI is InChI=1S/C21H30F2OS/c1-18-9-10-20(24-11-12-25-20)13-14(18)3-4-15-16(18)5-7-19(2)17(15)6-8-21(19,22)23/h13,15-17H,3-12H2,1-2H3/t15-,16+,17+,18+,19+,20?/m1/s1. The number of hydrogen-bond acceptors (Lipinski definition) is 2. The molecule has 1 saturated heterocycles. The van der Waals surface area contributed by atoms with Crippen molar-refractivity contribution in [2.24, 2.45) is 28.6 Å². The predicted octanol–water partition coefficient (Wildman–Crippen LogP) is 6.04. The van der Waals surface area contributed by atoms with Gasteiger partial charge in [-0.15, -0.1) is 11.8 Å². The highest BCUT2D eigenvalue weighted by Crippen LogP contribution is 2.69. The molecule has 4 heteroatoms. The van der Waals surface area contributed by atoms with Crippen molar-refractivity contribution in [3.8, 4) is 0 Å². The van der Waals surface area contributed by atoms with Gasteiger partial charge < -0.3 is 4.74 Å². The molecule has 1 aliphatic heterocycles. The maximum atomic E-state index is 14.6. The molecule has 1 nitrogen and oxygen atoms in total. The van der Waals surface area contributed by atoms with Gasteiger partial charge in [0.15, 0.2) is 0 Å². The van der Waals surface area contributed by atoms with Gasteiger partial charge in [0.05, 0.1) is 6.61 Å². The maximum Gasteiger partial charge on any atom is 0.253 e. The van der Waals surface area contributed by atoms with Crippen LogP contribution in [0.2, 0.25) is 0 Å². The van der Waals surface area contributed by atoms with Gasteiger partial charge >= 0.3 is 0 Å². The van der Waals surface area contributed by atoms with Crippen LogP contribution in [-0.4, -0.2) is 23.2 Å². The highest BCUT2D eigenvalue weighted by Gasteiger charge is 2.66. The van der Waals surface area contributed by atoms with Crippen molar-refractivity contribution < 1.29 is 13.5 Å². The lowest BCUT2D eigenvalue weighted by atomic mass is 9.47. The first-order valence-corrected chi connectivity index (χ1v) is 11.2. The van der Waals surface area contributed by atoms with E-state index in [0.717, 1.165) is 44.5 Å². The molecule has 4 fully saturated rings. The van der Waals surface area contributed by atoms with E-state index in [4.69, 9.17) is 4.74 Å². The Balaban J connectivity index is 1.47. The molecule has 0 aromatic heterocycles. The Morgan fingerprint density at radius 1 is 1.04 bits per heavy atom. The fourth-order valence-electron chi connectivity index (χ4n) is 7.31. The van der Waals surface area contributed by atoms with Gasteiger partial charge in [-0.2, -0.15) is 0 Å². The molecule has 0 bridgehead atoms. The molecule has 140 valence electrons. The predicted molar refractivity (Wildman–Crippen MR) is 97.8 cm³/mol. The van der Waals surface area contributed by atoms with E-state index >= 15 is 0 Å². The summed E-state index contributed by atoms with van der Waals surface area (Å²) in [5, 5.41) is 0. The van der Waals surface area contributed by atoms with Crippen LogP contribution in [0.3, 0.4) is 0 Å². The largest absolute Gasteiger partial charge is 0.360 e. The highest BCUT2D eigenvalue weighted by molar-refractivity contribution is 8.00. The summed E-state index contributed by atoms with van der Waals surface area (Å²) < 4.78 is 35.4. The molecule has 0 radical (unpaired) electrons. The molecule has 6 atom stereocenters. The van der Waals surface area contributed by atoms with Gasteiger partial charge in [-0.3, -0.25) is 0 Å². The summed E-state index contributed by atoms with van der Waals surface area (Å²) in [6.45, 7) is 5.21. The van der Waals surface area contributed by atoms with Gasteiger partial charge in [-0.05, 0) is 74.2 Å². The van der Waals surface area contributed by atoms with E-state index in [9.17, 15) is 8.78 Å². The average molecular weight is 369 g/mol. The molecule has 0 aromatic rings. The topological polar surface area (TPSA) is 9.23 Å². The SMILES string of the molecule is C[C@]12CCC3(C=C1CC[C@@H]1[C@@H]2CC[C@@]2(C)[C@H]1CCC2(F)F)OCCS3. The molecule has 0 N–H and O–H groups in total. The van der Waals surface area contributed by atoms with E-state index in [0.29, 0.717) is 18.3 Å². The lowest BCUT2D eigenvalue weighted by Gasteiger charge is -2.58. The van der Waals surface area contributed by atoms with E-state index in [-0.39, 0.29) is 22.7 Å². The minimum absolute atomic E-state index is 0.0642. The van der Waals surface area contributed by atoms with Crippen LogP contribution in [0.25, 0.3) is 0 Å². The first-order chi connectivity index (χ1) is 11.8. The summed E-state index contributed by atoms with van der Waals surface area (Å²) in [5.41, 5.74) is 1.06. The summed E-state index contributed by atoms with van der Waals surface area (Å²) in [6, 6.07) is 0. The van der Waals surface area contributed by atoms with Crippen molar-refractivity contribution in [2.75, 3.05) is 12.4 Å². The average Bonchev–Trinajstić information content (AvgIpc) is 3.11. The Morgan fingerprint density at radius 2 is 1.84 bits per heavy atom. The number of thioether (sulfide) groups is 1. The quantitative estimate of drug-likeness (QED) is 0.482. The number of alkyl halides is 2. The fourth-order valence-corrected chi connectivity index (χ4v) is 8.46. The number of halogens is 2. The lowest BCUT2D eigenvalue weighted by Crippen LogP contribution is -2.53. The van der Waals surface area contributed by atoms with E-state index in [1.807, 2.05) is 18.7 Å². The minimum Gasteiger partial charge on any atom is -0.360 e. The third-order valence-corrected chi connectivity index (χ3v) is 10.2. The van der Waals surface area contributed by atoms with Crippen molar-refractivity contribution >= 4 is 11.8 Å². The normalized spacial score (nSPS) is 53.9. The van der Waals surface area contributed by atoms with Crippen LogP contribution in [0.15, 0.2) is 11.6 Å². The van der Waals surface area contributed by atoms with Crippen molar-refractivity contribution in [1.29, 1.82) is 0 Å². The minimum atomic E-state index is -2.45. The second-order valence-electron chi connectivity index (χ2n) is 9.71. The lowest BCUT2D eigenvalue weighted by molar-refractivity contribution is -0.151. The third kappa shape index (κ3) is 2.16. The molecule has 1 unspecified atom stereocenters. The molecule has 0 amide bonds. The van der Waals surface area contributed by atoms with Crippen LogP contribution < -0.4 is 0 Å². The van der Waals surface area contributed by atoms with Crippen LogP contribution in [0.4, 0.5) is 8.78 Å². The van der Waals surface area contributed by atoms with Gasteiger partial charge in [-0.1, -0.05) is 19.4 Å². The Hall–Kier alpha value is -0.0900. The zero-order chi connectivity index (χ0) is 17.5. The highest BCUT2D eigenvalue weighted by atomic mass is 32.2. The molecule has 1 spiro atoms. The van der Waals surface area contributed by atoms with Gasteiger partial charge in [0, 0.05) is 17.6 Å². The summed E-state index contributed by atoms with van der Waals surface area (Å²) in [7, 11) is 0. The van der Waals surface area contributed by atoms with E-state index in [1.54, 1.807) is 5.57 Å². The van der Waals surface area contributed by atoms with Gasteiger partial charge in [0.2, 0.25) is 0 Å². The fraction of sp³-hybridized carbons (Fsp3) is 0.905. The Labute approximate surface area is 154 Å². The van der Waals surface area contributed by atoms with Crippen LogP contribution in [-0.2, 0) is 4.74 Å². The Kier molecular flexibility index (Phi) is 3.58. The Bertz CT molecular complexity index is 611. The summed E-state index contributed by atoms with van der Waals surface area (Å²) in [4.78, 5) is -0.0642. The molecule has 3 saturated carbocycles. The van der Waals surface area contributed by atoms with Crippen molar-refractivity contribution in [3.05, 3.63) is 11.6 Å². The first kappa shape index (κ1) is 17.0. The van der Waals surface area contributed by atoms with Crippen molar-refractivity contribution in [1.82, 2.24) is 0 Å². The van der Waals surface area contributed by atoms with Gasteiger partial charge in [-0.25, -0.2) is 8.78 Å². The van der Waals surface area contributed by atoms with Crippen LogP contribution >= 0.6 is 11.8 Å². The van der Waals surface area contributed by atoms with Crippen molar-refractivity contribution in [3.63, 3.8) is 0 Å². The third-order valence-electron chi connectivity index (χ3n) is 8.89. The molecule has 25 heavy (non-hydrogen) atoms. The number of ether oxygens (including phenoxy) is 1. The molecule has 5 aliphatic rings. The maximum absolute atomic E-state index is 14.6. The second kappa shape index (κ2) is 5.25. The smallest absolute Gasteiger partial charge is 0.253 e. The van der Waals surface area contributed by atoms with E-state index < -0.39 is 11.3 Å². The van der Waals surface area contributed by atoms with E-state index in [1.165, 1.54) is 6.42 Å². The van der Waals surface area contributed by atoms with Crippen LogP contribution in [0.1, 0.15) is 65.2 Å². The number of rotatable bonds is 0. The molecular weight excluding hydrogens is 338 g/mol. The summed E-state index contributed by atoms with van der Waals surface area (Å²) >= 11 is 1.97. The van der Waals surface area contributed by atoms with Gasteiger partial charge in [0.25, 0.3) is 5.92 Å². The zero-order valence-corrected chi connectivity index (χ0v) is 16.3. The zero-order valence-electron chi connectivity index (χ0n) is 15.5. The summed E-state index contributed by atoms with van der Waals surface area (Å²) in [6.07, 6.45) is 9.50. The second-order valence-corrected chi connectivity index (χ2v) is 11.1. The van der Waals surface area contributed by atoms with E-state index in [2.05, 4.69) is 13.0 Å². The summed E-state index contributed by atoms with van der Waals surface area (Å²) in [5.74, 6) is -0.0246. The monoisotopic (exact) mass is 368 g/mol. The van der Waals surface area contributed by atoms with Crippen LogP contribution in [0, 0.1) is 28.6 Å². The Morgan fingerprint density at radius 3 is 2.60 bits per heavy atom. The number of allylic oxidation sites excluding steroid dienone is 1. The van der Waals surface area contributed by atoms with Crippen LogP contribution in [0.5, 0.6) is 0 Å². The first-order valence-electron chi connectivity index (χ1n) is 10.2. The molecule has 0 aromatic carbocycles. The number of hydrogen-bond donors (Lipinski definition) is 0. The van der Waals surface area contributed by atoms with Gasteiger partial charge in [0.1, 0.15) is 4.93 Å². The molecule has 4 aliphatic carbocycles. The molecule has 1 heterocycles. The number of fused-ring (bicyclic) bond motifs is 5. The van der Waals surface area contributed by atoms with Crippen molar-refractivity contribution in [2.45, 2.75) is 76.1 Å². The molecular formula is C21H30F2OS.